The van der Waals surface area contributed by atoms with Crippen LogP contribution in [-0.2, 0) is 24.6 Å². The molecular formula is C24H29ClF2N2O9S2. The van der Waals surface area contributed by atoms with E-state index in [9.17, 15) is 40.5 Å². The Labute approximate surface area is 235 Å². The monoisotopic (exact) mass is 626 g/mol. The maximum atomic E-state index is 13.1. The minimum Gasteiger partial charge on any atom is -0.456 e. The highest BCUT2D eigenvalue weighted by molar-refractivity contribution is 8.09. The van der Waals surface area contributed by atoms with Gasteiger partial charge >= 0.3 is 5.97 Å². The summed E-state index contributed by atoms with van der Waals surface area (Å²) in [5, 5.41) is 11.2. The minimum atomic E-state index is -4.77. The van der Waals surface area contributed by atoms with Gasteiger partial charge in [-0.05, 0) is 52.3 Å². The summed E-state index contributed by atoms with van der Waals surface area (Å²) in [4.78, 5) is 23.6. The number of benzene rings is 2. The third-order valence-corrected chi connectivity index (χ3v) is 10.6. The highest BCUT2D eigenvalue weighted by Gasteiger charge is 2.38. The Morgan fingerprint density at radius 2 is 1.75 bits per heavy atom. The van der Waals surface area contributed by atoms with Crippen molar-refractivity contribution in [2.45, 2.75) is 50.7 Å². The number of alkyl halides is 2. The number of nitro benzene ring substituents is 1. The minimum absolute atomic E-state index is 0.0347. The van der Waals surface area contributed by atoms with Gasteiger partial charge in [-0.2, -0.15) is 0 Å². The number of sulfone groups is 1. The molecule has 0 aliphatic carbocycles. The zero-order chi connectivity index (χ0) is 30.5. The Morgan fingerprint density at radius 3 is 2.30 bits per heavy atom. The lowest BCUT2D eigenvalue weighted by molar-refractivity contribution is -0.385. The van der Waals surface area contributed by atoms with Crippen molar-refractivity contribution < 1.29 is 44.8 Å². The molecule has 0 bridgehead atoms. The van der Waals surface area contributed by atoms with Crippen LogP contribution < -0.4 is 9.46 Å². The number of carbonyl (C=O) groups is 1. The van der Waals surface area contributed by atoms with E-state index in [-0.39, 0.29) is 33.3 Å². The molecule has 0 aliphatic heterocycles. The van der Waals surface area contributed by atoms with Crippen LogP contribution in [0.5, 0.6) is 11.5 Å². The van der Waals surface area contributed by atoms with Crippen LogP contribution in [0.15, 0.2) is 30.3 Å². The Balaban J connectivity index is 2.49. The molecule has 2 aromatic rings. The first-order valence-electron chi connectivity index (χ1n) is 11.8. The third-order valence-electron chi connectivity index (χ3n) is 5.28. The van der Waals surface area contributed by atoms with Crippen LogP contribution in [0.2, 0.25) is 5.02 Å². The molecule has 0 heterocycles. The Morgan fingerprint density at radius 1 is 1.10 bits per heavy atom. The molecule has 16 heteroatoms. The summed E-state index contributed by atoms with van der Waals surface area (Å²) in [6.07, 6.45) is -1.34. The average Bonchev–Trinajstić information content (AvgIpc) is 2.83. The Hall–Kier alpha value is -3.04. The summed E-state index contributed by atoms with van der Waals surface area (Å²) < 4.78 is 87.4. The van der Waals surface area contributed by atoms with E-state index in [0.717, 1.165) is 6.07 Å². The highest BCUT2D eigenvalue weighted by atomic mass is 35.5. The Bertz CT molecular complexity index is 1480. The van der Waals surface area contributed by atoms with E-state index in [1.807, 2.05) is 4.72 Å². The summed E-state index contributed by atoms with van der Waals surface area (Å²) in [7, 11) is -9.22. The predicted molar refractivity (Wildman–Crippen MR) is 146 cm³/mol. The second kappa shape index (κ2) is 13.1. The van der Waals surface area contributed by atoms with Gasteiger partial charge in [-0.25, -0.2) is 21.6 Å². The molecule has 11 nitrogen and oxygen atoms in total. The number of ether oxygens (including phenoxy) is 2. The molecule has 0 spiro atoms. The van der Waals surface area contributed by atoms with Gasteiger partial charge in [-0.3, -0.25) is 23.6 Å². The number of esters is 1. The van der Waals surface area contributed by atoms with Crippen molar-refractivity contribution in [1.82, 2.24) is 0 Å². The fourth-order valence-electron chi connectivity index (χ4n) is 3.54. The average molecular weight is 627 g/mol. The summed E-state index contributed by atoms with van der Waals surface area (Å²) >= 11 is 6.34. The van der Waals surface area contributed by atoms with Crippen LogP contribution in [-0.4, -0.2) is 57.0 Å². The smallest absolute Gasteiger partial charge is 0.346 e. The van der Waals surface area contributed by atoms with Crippen molar-refractivity contribution in [2.24, 2.45) is 0 Å². The molecule has 1 unspecified atom stereocenters. The number of halogens is 3. The quantitative estimate of drug-likeness (QED) is 0.172. The number of hydrogen-bond donors (Lipinski definition) is 1. The van der Waals surface area contributed by atoms with Crippen molar-refractivity contribution in [3.63, 3.8) is 0 Å². The first-order chi connectivity index (χ1) is 18.4. The summed E-state index contributed by atoms with van der Waals surface area (Å²) in [5.74, 6) is -1.97. The molecule has 0 amide bonds. The van der Waals surface area contributed by atoms with Crippen molar-refractivity contribution in [3.05, 3.63) is 56.6 Å². The molecule has 1 N–H and O–H groups in total. The number of nitrogens with one attached hydrogen (secondary N) is 1. The van der Waals surface area contributed by atoms with E-state index in [2.05, 4.69) is 0 Å². The van der Waals surface area contributed by atoms with E-state index < -0.39 is 78.6 Å². The largest absolute Gasteiger partial charge is 0.456 e. The van der Waals surface area contributed by atoms with Crippen molar-refractivity contribution in [2.75, 3.05) is 23.8 Å². The van der Waals surface area contributed by atoms with E-state index in [1.54, 1.807) is 20.8 Å². The fourth-order valence-corrected chi connectivity index (χ4v) is 8.01. The maximum Gasteiger partial charge on any atom is 0.346 e. The standard InChI is InChI=1S/C24H29ClF2N2O9S2/c1-15-18(10-9-17(29(31)32)21(15)23(30)38-24(2,3)4)37-19-8-5-7-16(22(19)25)28-40(35,36)20(11-13-27)39(33,34)14-6-12-26/h5,7-10,20,28H,6,11-14H2,1-4H3. The lowest BCUT2D eigenvalue weighted by atomic mass is 10.0. The van der Waals surface area contributed by atoms with Gasteiger partial charge in [-0.15, -0.1) is 0 Å². The normalized spacial score (nSPS) is 13.0. The van der Waals surface area contributed by atoms with Gasteiger partial charge in [0.1, 0.15) is 27.7 Å². The number of sulfonamides is 1. The molecule has 0 radical (unpaired) electrons. The molecule has 0 saturated carbocycles. The number of hydrogen-bond acceptors (Lipinski definition) is 9. The van der Waals surface area contributed by atoms with Gasteiger partial charge in [0.15, 0.2) is 14.4 Å². The van der Waals surface area contributed by atoms with Crippen LogP contribution in [0.3, 0.4) is 0 Å². The highest BCUT2D eigenvalue weighted by Crippen LogP contribution is 2.39. The second-order valence-electron chi connectivity index (χ2n) is 9.53. The summed E-state index contributed by atoms with van der Waals surface area (Å²) in [5.41, 5.74) is -2.12. The van der Waals surface area contributed by atoms with Crippen LogP contribution in [0.4, 0.5) is 20.2 Å². The lowest BCUT2D eigenvalue weighted by Crippen LogP contribution is -2.37. The summed E-state index contributed by atoms with van der Waals surface area (Å²) in [6.45, 7) is 3.87. The number of nitro groups is 1. The first kappa shape index (κ1) is 33.2. The van der Waals surface area contributed by atoms with Gasteiger partial charge in [0.2, 0.25) is 10.0 Å². The van der Waals surface area contributed by atoms with Crippen LogP contribution in [0, 0.1) is 17.0 Å². The molecule has 1 atom stereocenters. The van der Waals surface area contributed by atoms with Gasteiger partial charge in [0.25, 0.3) is 5.69 Å². The molecule has 0 saturated heterocycles. The molecule has 2 aromatic carbocycles. The van der Waals surface area contributed by atoms with Gasteiger partial charge in [0, 0.05) is 18.1 Å². The third kappa shape index (κ3) is 8.24. The number of nitrogens with zero attached hydrogens (tertiary/aromatic N) is 1. The second-order valence-corrected chi connectivity index (χ2v) is 14.4. The fraction of sp³-hybridized carbons (Fsp3) is 0.458. The zero-order valence-corrected chi connectivity index (χ0v) is 24.5. The van der Waals surface area contributed by atoms with E-state index in [4.69, 9.17) is 21.1 Å². The zero-order valence-electron chi connectivity index (χ0n) is 22.1. The molecule has 0 fully saturated rings. The van der Waals surface area contributed by atoms with Gasteiger partial charge in [0.05, 0.1) is 29.7 Å². The number of anilines is 1. The van der Waals surface area contributed by atoms with E-state index >= 15 is 0 Å². The van der Waals surface area contributed by atoms with Crippen LogP contribution in [0.25, 0.3) is 0 Å². The van der Waals surface area contributed by atoms with Crippen molar-refractivity contribution in [3.8, 4) is 11.5 Å². The topological polar surface area (TPSA) is 159 Å². The lowest BCUT2D eigenvalue weighted by Gasteiger charge is -2.21. The molecule has 0 aliphatic rings. The SMILES string of the molecule is Cc1c(Oc2cccc(NS(=O)(=O)C(CCF)S(=O)(=O)CCCF)c2Cl)ccc([N+](=O)[O-])c1C(=O)OC(C)(C)C. The molecular weight excluding hydrogens is 598 g/mol. The van der Waals surface area contributed by atoms with Crippen LogP contribution in [0.1, 0.15) is 49.5 Å². The number of carbonyl (C=O) groups excluding carboxylic acids is 1. The Kier molecular flexibility index (Phi) is 10.8. The van der Waals surface area contributed by atoms with Crippen molar-refractivity contribution in [1.29, 1.82) is 0 Å². The first-order valence-corrected chi connectivity index (χ1v) is 15.4. The molecule has 0 aromatic heterocycles. The summed E-state index contributed by atoms with van der Waals surface area (Å²) in [6, 6.07) is 6.08. The maximum absolute atomic E-state index is 13.1. The van der Waals surface area contributed by atoms with E-state index in [1.165, 1.54) is 31.2 Å². The molecule has 40 heavy (non-hydrogen) atoms. The number of rotatable bonds is 13. The van der Waals surface area contributed by atoms with E-state index in [0.29, 0.717) is 0 Å². The predicted octanol–water partition coefficient (Wildman–Crippen LogP) is 5.51. The van der Waals surface area contributed by atoms with Crippen LogP contribution >= 0.6 is 11.6 Å². The van der Waals surface area contributed by atoms with Gasteiger partial charge < -0.3 is 9.47 Å². The van der Waals surface area contributed by atoms with Crippen molar-refractivity contribution >= 4 is 48.8 Å². The van der Waals surface area contributed by atoms with Gasteiger partial charge in [-0.1, -0.05) is 17.7 Å². The molecule has 2 rings (SSSR count). The molecule has 222 valence electrons.